The van der Waals surface area contributed by atoms with Crippen molar-refractivity contribution in [1.29, 1.82) is 0 Å². The summed E-state index contributed by atoms with van der Waals surface area (Å²) in [6.45, 7) is 0. The molecule has 1 heterocycles. The summed E-state index contributed by atoms with van der Waals surface area (Å²) in [6, 6.07) is 3.32. The number of nitrogens with two attached hydrogens (primary N) is 1. The molecular weight excluding hydrogens is 250 g/mol. The van der Waals surface area contributed by atoms with Crippen molar-refractivity contribution in [1.82, 2.24) is 5.16 Å². The maximum atomic E-state index is 13.3. The number of anilines is 1. The summed E-state index contributed by atoms with van der Waals surface area (Å²) in [7, 11) is 0. The Labute approximate surface area is 109 Å². The number of hydrogen-bond acceptors (Lipinski definition) is 3. The van der Waals surface area contributed by atoms with Crippen LogP contribution >= 0.6 is 0 Å². The van der Waals surface area contributed by atoms with Crippen LogP contribution in [0.3, 0.4) is 0 Å². The second kappa shape index (κ2) is 4.64. The Hall–Kier alpha value is -1.91. The maximum Gasteiger partial charge on any atom is 0.175 e. The minimum atomic E-state index is -0.634. The highest BCUT2D eigenvalue weighted by atomic mass is 19.1. The fourth-order valence-corrected chi connectivity index (χ4v) is 2.44. The molecule has 0 spiro atoms. The van der Waals surface area contributed by atoms with Crippen LogP contribution in [0.2, 0.25) is 0 Å². The zero-order valence-electron chi connectivity index (χ0n) is 10.3. The molecule has 1 aliphatic rings. The molecule has 1 aliphatic carbocycles. The third-order valence-electron chi connectivity index (χ3n) is 3.64. The van der Waals surface area contributed by atoms with E-state index in [-0.39, 0.29) is 5.82 Å². The topological polar surface area (TPSA) is 52.0 Å². The molecule has 0 amide bonds. The zero-order chi connectivity index (χ0) is 13.4. The smallest absolute Gasteiger partial charge is 0.175 e. The van der Waals surface area contributed by atoms with Crippen LogP contribution in [0.15, 0.2) is 22.7 Å². The van der Waals surface area contributed by atoms with Crippen molar-refractivity contribution in [3.05, 3.63) is 35.6 Å². The second-order valence-electron chi connectivity index (χ2n) is 5.03. The lowest BCUT2D eigenvalue weighted by Gasteiger charge is -2.24. The van der Waals surface area contributed by atoms with E-state index in [1.807, 2.05) is 0 Å². The highest BCUT2D eigenvalue weighted by molar-refractivity contribution is 5.75. The van der Waals surface area contributed by atoms with Gasteiger partial charge in [0.2, 0.25) is 0 Å². The molecule has 1 aromatic heterocycles. The fraction of sp³-hybridized carbons (Fsp3) is 0.357. The highest BCUT2D eigenvalue weighted by Gasteiger charge is 2.24. The number of nitrogen functional groups attached to an aromatic ring is 1. The quantitative estimate of drug-likeness (QED) is 0.922. The van der Waals surface area contributed by atoms with Gasteiger partial charge in [-0.3, -0.25) is 0 Å². The molecule has 3 nitrogen and oxygen atoms in total. The fourth-order valence-electron chi connectivity index (χ4n) is 2.44. The standard InChI is InChI=1S/C14H14F2N2O/c15-10-5-9(6-11(16)7-10)13-12(19-18-14(13)17)4-8-2-1-3-8/h5-8H,1-4H2,(H2,17,18). The van der Waals surface area contributed by atoms with Gasteiger partial charge >= 0.3 is 0 Å². The van der Waals surface area contributed by atoms with Crippen LogP contribution in [0.5, 0.6) is 0 Å². The van der Waals surface area contributed by atoms with Crippen LogP contribution in [0.4, 0.5) is 14.6 Å². The van der Waals surface area contributed by atoms with E-state index in [9.17, 15) is 8.78 Å². The Morgan fingerprint density at radius 1 is 1.21 bits per heavy atom. The molecule has 0 atom stereocenters. The van der Waals surface area contributed by atoms with Crippen molar-refractivity contribution in [2.24, 2.45) is 5.92 Å². The van der Waals surface area contributed by atoms with Crippen LogP contribution in [0.1, 0.15) is 25.0 Å². The molecule has 2 N–H and O–H groups in total. The summed E-state index contributed by atoms with van der Waals surface area (Å²) in [5, 5.41) is 3.72. The first-order chi connectivity index (χ1) is 9.13. The minimum Gasteiger partial charge on any atom is -0.380 e. The highest BCUT2D eigenvalue weighted by Crippen LogP contribution is 2.36. The van der Waals surface area contributed by atoms with Gasteiger partial charge in [-0.25, -0.2) is 8.78 Å². The van der Waals surface area contributed by atoms with Crippen molar-refractivity contribution in [2.75, 3.05) is 5.73 Å². The van der Waals surface area contributed by atoms with E-state index in [1.165, 1.54) is 18.6 Å². The second-order valence-corrected chi connectivity index (χ2v) is 5.03. The summed E-state index contributed by atoms with van der Waals surface area (Å²) in [6.07, 6.45) is 4.24. The molecule has 1 saturated carbocycles. The summed E-state index contributed by atoms with van der Waals surface area (Å²) in [4.78, 5) is 0. The van der Waals surface area contributed by atoms with Gasteiger partial charge in [0.05, 0.1) is 5.56 Å². The largest absolute Gasteiger partial charge is 0.380 e. The molecule has 0 saturated heterocycles. The number of benzene rings is 1. The van der Waals surface area contributed by atoms with Gasteiger partial charge in [-0.2, -0.15) is 0 Å². The molecule has 3 rings (SSSR count). The van der Waals surface area contributed by atoms with E-state index in [2.05, 4.69) is 5.16 Å². The number of aromatic nitrogens is 1. The Kier molecular flexibility index (Phi) is 2.97. The normalized spacial score (nSPS) is 15.5. The van der Waals surface area contributed by atoms with Crippen molar-refractivity contribution >= 4 is 5.82 Å². The van der Waals surface area contributed by atoms with Crippen molar-refractivity contribution in [3.63, 3.8) is 0 Å². The van der Waals surface area contributed by atoms with E-state index >= 15 is 0 Å². The van der Waals surface area contributed by atoms with Crippen LogP contribution in [-0.4, -0.2) is 5.16 Å². The summed E-state index contributed by atoms with van der Waals surface area (Å²) < 4.78 is 31.8. The lowest BCUT2D eigenvalue weighted by molar-refractivity contribution is 0.279. The molecule has 0 bridgehead atoms. The molecule has 1 fully saturated rings. The summed E-state index contributed by atoms with van der Waals surface area (Å²) >= 11 is 0. The number of nitrogens with zero attached hydrogens (tertiary/aromatic N) is 1. The summed E-state index contributed by atoms with van der Waals surface area (Å²) in [5.41, 5.74) is 6.66. The lowest BCUT2D eigenvalue weighted by Crippen LogP contribution is -2.13. The average Bonchev–Trinajstić information content (AvgIpc) is 2.63. The van der Waals surface area contributed by atoms with E-state index in [1.54, 1.807) is 0 Å². The average molecular weight is 264 g/mol. The van der Waals surface area contributed by atoms with Gasteiger partial charge in [0.15, 0.2) is 5.82 Å². The van der Waals surface area contributed by atoms with Gasteiger partial charge in [0, 0.05) is 12.5 Å². The molecule has 5 heteroatoms. The Balaban J connectivity index is 2.00. The SMILES string of the molecule is Nc1noc(CC2CCC2)c1-c1cc(F)cc(F)c1. The first kappa shape index (κ1) is 12.1. The number of halogens is 2. The van der Waals surface area contributed by atoms with E-state index in [0.29, 0.717) is 22.8 Å². The Morgan fingerprint density at radius 2 is 1.89 bits per heavy atom. The van der Waals surface area contributed by atoms with E-state index < -0.39 is 11.6 Å². The first-order valence-electron chi connectivity index (χ1n) is 6.34. The first-order valence-corrected chi connectivity index (χ1v) is 6.34. The van der Waals surface area contributed by atoms with E-state index in [4.69, 9.17) is 10.3 Å². The molecule has 0 aliphatic heterocycles. The molecule has 2 aromatic rings. The minimum absolute atomic E-state index is 0.180. The van der Waals surface area contributed by atoms with Crippen LogP contribution < -0.4 is 5.73 Å². The molecule has 0 radical (unpaired) electrons. The molecule has 1 aromatic carbocycles. The maximum absolute atomic E-state index is 13.3. The van der Waals surface area contributed by atoms with Crippen molar-refractivity contribution < 1.29 is 13.3 Å². The third-order valence-corrected chi connectivity index (χ3v) is 3.64. The predicted octanol–water partition coefficient (Wildman–Crippen LogP) is 3.54. The molecular formula is C14H14F2N2O. The third kappa shape index (κ3) is 2.32. The Morgan fingerprint density at radius 3 is 2.47 bits per heavy atom. The van der Waals surface area contributed by atoms with Gasteiger partial charge in [0.1, 0.15) is 17.4 Å². The van der Waals surface area contributed by atoms with Gasteiger partial charge in [-0.05, 0) is 23.6 Å². The van der Waals surface area contributed by atoms with Gasteiger partial charge < -0.3 is 10.3 Å². The van der Waals surface area contributed by atoms with Crippen LogP contribution in [0.25, 0.3) is 11.1 Å². The molecule has 100 valence electrons. The molecule has 0 unspecified atom stereocenters. The lowest BCUT2D eigenvalue weighted by atomic mass is 9.81. The van der Waals surface area contributed by atoms with Crippen LogP contribution in [0, 0.1) is 17.6 Å². The number of rotatable bonds is 3. The van der Waals surface area contributed by atoms with Gasteiger partial charge in [-0.1, -0.05) is 24.4 Å². The van der Waals surface area contributed by atoms with Crippen LogP contribution in [-0.2, 0) is 6.42 Å². The zero-order valence-corrected chi connectivity index (χ0v) is 10.3. The number of hydrogen-bond donors (Lipinski definition) is 1. The van der Waals surface area contributed by atoms with Crippen molar-refractivity contribution in [3.8, 4) is 11.1 Å². The Bertz CT molecular complexity index is 585. The van der Waals surface area contributed by atoms with Crippen molar-refractivity contribution in [2.45, 2.75) is 25.7 Å². The van der Waals surface area contributed by atoms with Gasteiger partial charge in [0.25, 0.3) is 0 Å². The van der Waals surface area contributed by atoms with E-state index in [0.717, 1.165) is 25.3 Å². The summed E-state index contributed by atoms with van der Waals surface area (Å²) in [5.74, 6) is 0.0893. The molecule has 19 heavy (non-hydrogen) atoms. The van der Waals surface area contributed by atoms with Gasteiger partial charge in [-0.15, -0.1) is 0 Å². The monoisotopic (exact) mass is 264 g/mol. The predicted molar refractivity (Wildman–Crippen MR) is 67.3 cm³/mol.